The Kier molecular flexibility index (Phi) is 3.01. The van der Waals surface area contributed by atoms with Gasteiger partial charge in [-0.1, -0.05) is 11.9 Å². The molecule has 0 radical (unpaired) electrons. The average Bonchev–Trinajstić information content (AvgIpc) is 2.83. The third-order valence-corrected chi connectivity index (χ3v) is 3.96. The molecule has 2 fully saturated rings. The second kappa shape index (κ2) is 4.63. The average molecular weight is 240 g/mol. The molecule has 0 spiro atoms. The molecule has 6 heteroatoms. The van der Waals surface area contributed by atoms with E-state index in [4.69, 9.17) is 4.52 Å². The molecular weight excluding hydrogens is 224 g/mol. The maximum Gasteiger partial charge on any atom is 0.266 e. The molecule has 0 amide bonds. The molecule has 5 nitrogen and oxygen atoms in total. The van der Waals surface area contributed by atoms with Gasteiger partial charge < -0.3 is 9.42 Å². The van der Waals surface area contributed by atoms with Crippen LogP contribution in [0.2, 0.25) is 0 Å². The Labute approximate surface area is 99.1 Å². The number of rotatable bonds is 5. The summed E-state index contributed by atoms with van der Waals surface area (Å²) in [7, 11) is 0. The molecule has 1 N–H and O–H groups in total. The van der Waals surface area contributed by atoms with E-state index in [1.807, 2.05) is 0 Å². The third kappa shape index (κ3) is 2.49. The van der Waals surface area contributed by atoms with Gasteiger partial charge in [-0.25, -0.2) is 0 Å². The lowest BCUT2D eigenvalue weighted by Crippen LogP contribution is -2.19. The third-order valence-electron chi connectivity index (χ3n) is 2.84. The van der Waals surface area contributed by atoms with Gasteiger partial charge in [-0.05, 0) is 30.8 Å². The Morgan fingerprint density at radius 1 is 1.38 bits per heavy atom. The van der Waals surface area contributed by atoms with Crippen molar-refractivity contribution in [1.82, 2.24) is 14.9 Å². The monoisotopic (exact) mass is 240 g/mol. The second-order valence-corrected chi connectivity index (χ2v) is 5.51. The molecular formula is C10H16N4OS. The normalized spacial score (nSPS) is 20.6. The summed E-state index contributed by atoms with van der Waals surface area (Å²) < 4.78 is 8.47. The summed E-state index contributed by atoms with van der Waals surface area (Å²) in [5.74, 6) is 1.45. The zero-order valence-electron chi connectivity index (χ0n) is 9.19. The van der Waals surface area contributed by atoms with E-state index >= 15 is 0 Å². The van der Waals surface area contributed by atoms with E-state index in [1.54, 1.807) is 11.9 Å². The van der Waals surface area contributed by atoms with Crippen LogP contribution in [-0.4, -0.2) is 28.5 Å². The summed E-state index contributed by atoms with van der Waals surface area (Å²) in [6, 6.07) is 0. The fourth-order valence-electron chi connectivity index (χ4n) is 1.77. The molecule has 1 aliphatic heterocycles. The molecule has 1 saturated carbocycles. The van der Waals surface area contributed by atoms with Crippen molar-refractivity contribution in [2.45, 2.75) is 37.5 Å². The maximum atomic E-state index is 5.20. The van der Waals surface area contributed by atoms with Crippen molar-refractivity contribution in [1.29, 1.82) is 0 Å². The summed E-state index contributed by atoms with van der Waals surface area (Å²) in [5.41, 5.74) is 0. The van der Waals surface area contributed by atoms with Crippen LogP contribution in [0.4, 0.5) is 5.95 Å². The van der Waals surface area contributed by atoms with Crippen molar-refractivity contribution >= 4 is 17.9 Å². The Morgan fingerprint density at radius 3 is 2.94 bits per heavy atom. The van der Waals surface area contributed by atoms with Crippen molar-refractivity contribution in [3.05, 3.63) is 5.89 Å². The minimum atomic E-state index is 0.669. The first kappa shape index (κ1) is 10.4. The molecule has 2 aliphatic rings. The fourth-order valence-corrected chi connectivity index (χ4v) is 2.58. The van der Waals surface area contributed by atoms with Gasteiger partial charge in [-0.3, -0.25) is 4.72 Å². The first-order chi connectivity index (χ1) is 7.92. The number of nitrogens with zero attached hydrogens (tertiary/aromatic N) is 3. The first-order valence-corrected chi connectivity index (χ1v) is 6.76. The van der Waals surface area contributed by atoms with Crippen LogP contribution in [0.15, 0.2) is 4.52 Å². The minimum absolute atomic E-state index is 0.669. The van der Waals surface area contributed by atoms with E-state index in [2.05, 4.69) is 19.8 Å². The lowest BCUT2D eigenvalue weighted by atomic mass is 10.4. The largest absolute Gasteiger partial charge is 0.338 e. The Bertz CT molecular complexity index is 346. The van der Waals surface area contributed by atoms with Crippen molar-refractivity contribution in [3.8, 4) is 0 Å². The maximum absolute atomic E-state index is 5.20. The Morgan fingerprint density at radius 2 is 2.19 bits per heavy atom. The molecule has 1 saturated heterocycles. The lowest BCUT2D eigenvalue weighted by Gasteiger charge is -2.09. The van der Waals surface area contributed by atoms with Crippen molar-refractivity contribution < 1.29 is 4.52 Å². The summed E-state index contributed by atoms with van der Waals surface area (Å²) >= 11 is 1.79. The van der Waals surface area contributed by atoms with Crippen LogP contribution >= 0.6 is 11.9 Å². The molecule has 16 heavy (non-hydrogen) atoms. The van der Waals surface area contributed by atoms with E-state index in [0.717, 1.165) is 24.3 Å². The van der Waals surface area contributed by atoms with E-state index in [0.29, 0.717) is 12.4 Å². The van der Waals surface area contributed by atoms with Gasteiger partial charge >= 0.3 is 0 Å². The predicted octanol–water partition coefficient (Wildman–Crippen LogP) is 1.57. The highest BCUT2D eigenvalue weighted by atomic mass is 32.2. The SMILES string of the molecule is C1CCN(c2noc(CNSC3CC3)n2)C1. The summed E-state index contributed by atoms with van der Waals surface area (Å²) in [6.45, 7) is 2.79. The summed E-state index contributed by atoms with van der Waals surface area (Å²) in [5, 5.41) is 4.81. The number of anilines is 1. The zero-order chi connectivity index (χ0) is 10.8. The molecule has 0 atom stereocenters. The van der Waals surface area contributed by atoms with Gasteiger partial charge in [0.1, 0.15) is 0 Å². The molecule has 88 valence electrons. The highest BCUT2D eigenvalue weighted by molar-refractivity contribution is 7.98. The minimum Gasteiger partial charge on any atom is -0.338 e. The molecule has 3 rings (SSSR count). The van der Waals surface area contributed by atoms with Gasteiger partial charge in [-0.15, -0.1) is 0 Å². The van der Waals surface area contributed by atoms with Crippen LogP contribution in [0.3, 0.4) is 0 Å². The highest BCUT2D eigenvalue weighted by Crippen LogP contribution is 2.31. The van der Waals surface area contributed by atoms with E-state index < -0.39 is 0 Å². The van der Waals surface area contributed by atoms with Crippen molar-refractivity contribution in [2.24, 2.45) is 0 Å². The van der Waals surface area contributed by atoms with Crippen LogP contribution in [-0.2, 0) is 6.54 Å². The molecule has 0 bridgehead atoms. The molecule has 2 heterocycles. The lowest BCUT2D eigenvalue weighted by molar-refractivity contribution is 0.376. The first-order valence-electron chi connectivity index (χ1n) is 5.88. The highest BCUT2D eigenvalue weighted by Gasteiger charge is 2.22. The van der Waals surface area contributed by atoms with Gasteiger partial charge in [0.15, 0.2) is 0 Å². The molecule has 0 unspecified atom stereocenters. The zero-order valence-corrected chi connectivity index (χ0v) is 10.0. The summed E-state index contributed by atoms with van der Waals surface area (Å²) in [6.07, 6.45) is 5.14. The summed E-state index contributed by atoms with van der Waals surface area (Å²) in [4.78, 5) is 6.56. The molecule has 0 aromatic carbocycles. The quantitative estimate of drug-likeness (QED) is 0.788. The second-order valence-electron chi connectivity index (χ2n) is 4.32. The van der Waals surface area contributed by atoms with Crippen LogP contribution in [0, 0.1) is 0 Å². The number of nitrogens with one attached hydrogen (secondary N) is 1. The van der Waals surface area contributed by atoms with E-state index in [1.165, 1.54) is 25.7 Å². The molecule has 1 aromatic heterocycles. The van der Waals surface area contributed by atoms with Crippen LogP contribution < -0.4 is 9.62 Å². The Balaban J connectivity index is 1.50. The molecule has 1 aliphatic carbocycles. The predicted molar refractivity (Wildman–Crippen MR) is 63.2 cm³/mol. The van der Waals surface area contributed by atoms with E-state index in [-0.39, 0.29) is 0 Å². The molecule has 1 aromatic rings. The topological polar surface area (TPSA) is 54.2 Å². The number of hydrogen-bond donors (Lipinski definition) is 1. The number of aromatic nitrogens is 2. The van der Waals surface area contributed by atoms with Gasteiger partial charge in [-0.2, -0.15) is 4.98 Å². The van der Waals surface area contributed by atoms with Crippen LogP contribution in [0.25, 0.3) is 0 Å². The van der Waals surface area contributed by atoms with Crippen LogP contribution in [0.1, 0.15) is 31.6 Å². The van der Waals surface area contributed by atoms with Gasteiger partial charge in [0.05, 0.1) is 6.54 Å². The van der Waals surface area contributed by atoms with Crippen molar-refractivity contribution in [3.63, 3.8) is 0 Å². The number of hydrogen-bond acceptors (Lipinski definition) is 6. The standard InChI is InChI=1S/C10H16N4OS/c1-2-6-14(5-1)10-12-9(15-13-10)7-11-16-8-3-4-8/h8,11H,1-7H2. The Hall–Kier alpha value is -0.750. The fraction of sp³-hybridized carbons (Fsp3) is 0.800. The van der Waals surface area contributed by atoms with Crippen LogP contribution in [0.5, 0.6) is 0 Å². The van der Waals surface area contributed by atoms with Crippen molar-refractivity contribution in [2.75, 3.05) is 18.0 Å². The van der Waals surface area contributed by atoms with Gasteiger partial charge in [0.25, 0.3) is 5.95 Å². The smallest absolute Gasteiger partial charge is 0.266 e. The van der Waals surface area contributed by atoms with Gasteiger partial charge in [0, 0.05) is 18.3 Å². The van der Waals surface area contributed by atoms with E-state index in [9.17, 15) is 0 Å². The van der Waals surface area contributed by atoms with Gasteiger partial charge in [0.2, 0.25) is 5.89 Å².